The molecule has 1 aromatic carbocycles. The van der Waals surface area contributed by atoms with E-state index in [1.807, 2.05) is 6.07 Å². The maximum absolute atomic E-state index is 12.6. The Hall–Kier alpha value is -2.58. The van der Waals surface area contributed by atoms with Crippen molar-refractivity contribution in [1.29, 1.82) is 0 Å². The maximum Gasteiger partial charge on any atom is 0.261 e. The first-order valence-electron chi connectivity index (χ1n) is 8.40. The number of sulfonamides is 1. The molecule has 4 rings (SSSR count). The van der Waals surface area contributed by atoms with Crippen molar-refractivity contribution in [3.63, 3.8) is 0 Å². The van der Waals surface area contributed by atoms with Crippen LogP contribution in [0.25, 0.3) is 11.3 Å². The first-order valence-corrected chi connectivity index (χ1v) is 9.89. The van der Waals surface area contributed by atoms with Gasteiger partial charge in [0.25, 0.3) is 10.0 Å². The minimum absolute atomic E-state index is 0.187. The monoisotopic (exact) mass is 373 g/mol. The number of nitrogens with one attached hydrogen (secondary N) is 1. The van der Waals surface area contributed by atoms with Gasteiger partial charge >= 0.3 is 0 Å². The second kappa shape index (κ2) is 6.97. The lowest BCUT2D eigenvalue weighted by molar-refractivity contribution is 0.0662. The molecule has 136 valence electrons. The molecule has 0 unspecified atom stereocenters. The standard InChI is InChI=1S/C18H19N3O4S/c22-26(23,17-5-3-14(4-6-17)18-2-1-9-25-18)20-15-12-19-21(13-15)16-7-10-24-11-8-16/h1-6,9,12-13,16,20H,7-8,10-11H2. The molecular formula is C18H19N3O4S. The second-order valence-electron chi connectivity index (χ2n) is 6.16. The van der Waals surface area contributed by atoms with Gasteiger partial charge in [-0.05, 0) is 49.2 Å². The summed E-state index contributed by atoms with van der Waals surface area (Å²) in [5, 5.41) is 4.29. The van der Waals surface area contributed by atoms with Crippen molar-refractivity contribution in [1.82, 2.24) is 9.78 Å². The van der Waals surface area contributed by atoms with Crippen molar-refractivity contribution >= 4 is 15.7 Å². The zero-order chi connectivity index (χ0) is 18.0. The smallest absolute Gasteiger partial charge is 0.261 e. The van der Waals surface area contributed by atoms with Gasteiger partial charge in [-0.1, -0.05) is 0 Å². The molecule has 3 aromatic rings. The second-order valence-corrected chi connectivity index (χ2v) is 7.84. The molecule has 0 radical (unpaired) electrons. The molecule has 8 heteroatoms. The molecule has 0 saturated carbocycles. The van der Waals surface area contributed by atoms with E-state index in [4.69, 9.17) is 9.15 Å². The zero-order valence-corrected chi connectivity index (χ0v) is 14.9. The summed E-state index contributed by atoms with van der Waals surface area (Å²) in [5.41, 5.74) is 1.27. The number of hydrogen-bond donors (Lipinski definition) is 1. The molecular weight excluding hydrogens is 354 g/mol. The fraction of sp³-hybridized carbons (Fsp3) is 0.278. The first-order chi connectivity index (χ1) is 12.6. The van der Waals surface area contributed by atoms with E-state index >= 15 is 0 Å². The lowest BCUT2D eigenvalue weighted by atomic mass is 10.1. The van der Waals surface area contributed by atoms with Gasteiger partial charge < -0.3 is 9.15 Å². The SMILES string of the molecule is O=S(=O)(Nc1cnn(C2CCOCC2)c1)c1ccc(-c2ccco2)cc1. The van der Waals surface area contributed by atoms with E-state index in [9.17, 15) is 8.42 Å². The number of rotatable bonds is 5. The van der Waals surface area contributed by atoms with Crippen LogP contribution < -0.4 is 4.72 Å². The predicted molar refractivity (Wildman–Crippen MR) is 96.3 cm³/mol. The van der Waals surface area contributed by atoms with Gasteiger partial charge in [0.2, 0.25) is 0 Å². The van der Waals surface area contributed by atoms with Crippen LogP contribution in [0.4, 0.5) is 5.69 Å². The Morgan fingerprint density at radius 2 is 1.88 bits per heavy atom. The van der Waals surface area contributed by atoms with E-state index in [0.29, 0.717) is 24.7 Å². The number of anilines is 1. The zero-order valence-electron chi connectivity index (χ0n) is 14.0. The van der Waals surface area contributed by atoms with Crippen LogP contribution in [0.1, 0.15) is 18.9 Å². The molecule has 1 aliphatic rings. The number of nitrogens with zero attached hydrogens (tertiary/aromatic N) is 2. The van der Waals surface area contributed by atoms with E-state index in [1.165, 1.54) is 6.20 Å². The van der Waals surface area contributed by atoms with E-state index in [2.05, 4.69) is 9.82 Å². The Labute approximate surface area is 151 Å². The van der Waals surface area contributed by atoms with Crippen molar-refractivity contribution < 1.29 is 17.6 Å². The van der Waals surface area contributed by atoms with Crippen molar-refractivity contribution in [2.45, 2.75) is 23.8 Å². The normalized spacial score (nSPS) is 15.8. The van der Waals surface area contributed by atoms with Gasteiger partial charge in [-0.2, -0.15) is 5.10 Å². The van der Waals surface area contributed by atoms with Gasteiger partial charge in [-0.15, -0.1) is 0 Å². The topological polar surface area (TPSA) is 86.4 Å². The minimum Gasteiger partial charge on any atom is -0.464 e. The van der Waals surface area contributed by atoms with Crippen LogP contribution in [-0.4, -0.2) is 31.4 Å². The average molecular weight is 373 g/mol. The van der Waals surface area contributed by atoms with E-state index in [0.717, 1.165) is 18.4 Å². The molecule has 0 spiro atoms. The molecule has 26 heavy (non-hydrogen) atoms. The van der Waals surface area contributed by atoms with Crippen LogP contribution in [0.5, 0.6) is 0 Å². The summed E-state index contributed by atoms with van der Waals surface area (Å²) in [7, 11) is -3.67. The highest BCUT2D eigenvalue weighted by Gasteiger charge is 2.19. The largest absolute Gasteiger partial charge is 0.464 e. The van der Waals surface area contributed by atoms with Gasteiger partial charge in [-0.3, -0.25) is 9.40 Å². The summed E-state index contributed by atoms with van der Waals surface area (Å²) in [4.78, 5) is 0.187. The number of aromatic nitrogens is 2. The molecule has 0 bridgehead atoms. The van der Waals surface area contributed by atoms with Crippen LogP contribution in [-0.2, 0) is 14.8 Å². The van der Waals surface area contributed by atoms with Crippen molar-refractivity contribution in [2.75, 3.05) is 17.9 Å². The first kappa shape index (κ1) is 16.9. The number of benzene rings is 1. The molecule has 0 aliphatic carbocycles. The Morgan fingerprint density at radius 1 is 1.12 bits per heavy atom. The van der Waals surface area contributed by atoms with Crippen LogP contribution in [0.3, 0.4) is 0 Å². The van der Waals surface area contributed by atoms with E-state index in [-0.39, 0.29) is 10.9 Å². The van der Waals surface area contributed by atoms with Gasteiger partial charge in [0.05, 0.1) is 29.1 Å². The number of furan rings is 1. The predicted octanol–water partition coefficient (Wildman–Crippen LogP) is 3.30. The van der Waals surface area contributed by atoms with E-state index in [1.54, 1.807) is 47.5 Å². The third-order valence-electron chi connectivity index (χ3n) is 4.39. The fourth-order valence-corrected chi connectivity index (χ4v) is 4.02. The lowest BCUT2D eigenvalue weighted by Gasteiger charge is -2.22. The molecule has 1 N–H and O–H groups in total. The van der Waals surface area contributed by atoms with Gasteiger partial charge in [0, 0.05) is 25.0 Å². The Bertz CT molecular complexity index is 956. The summed E-state index contributed by atoms with van der Waals surface area (Å²) < 4.78 is 40.2. The highest BCUT2D eigenvalue weighted by Crippen LogP contribution is 2.24. The quantitative estimate of drug-likeness (QED) is 0.742. The molecule has 1 fully saturated rings. The summed E-state index contributed by atoms with van der Waals surface area (Å²) in [6.07, 6.45) is 6.59. The Morgan fingerprint density at radius 3 is 2.58 bits per heavy atom. The van der Waals surface area contributed by atoms with Gasteiger partial charge in [0.15, 0.2) is 0 Å². The average Bonchev–Trinajstić information content (AvgIpc) is 3.34. The Kier molecular flexibility index (Phi) is 4.52. The highest BCUT2D eigenvalue weighted by atomic mass is 32.2. The summed E-state index contributed by atoms with van der Waals surface area (Å²) in [6, 6.07) is 10.4. The van der Waals surface area contributed by atoms with Crippen LogP contribution in [0.2, 0.25) is 0 Å². The van der Waals surface area contributed by atoms with Crippen LogP contribution >= 0.6 is 0 Å². The lowest BCUT2D eigenvalue weighted by Crippen LogP contribution is -2.19. The minimum atomic E-state index is -3.67. The molecule has 3 heterocycles. The maximum atomic E-state index is 12.6. The third-order valence-corrected chi connectivity index (χ3v) is 5.79. The molecule has 1 aliphatic heterocycles. The molecule has 0 atom stereocenters. The fourth-order valence-electron chi connectivity index (χ4n) is 3.00. The van der Waals surface area contributed by atoms with Gasteiger partial charge in [0.1, 0.15) is 5.76 Å². The highest BCUT2D eigenvalue weighted by molar-refractivity contribution is 7.92. The molecule has 2 aromatic heterocycles. The number of ether oxygens (including phenoxy) is 1. The van der Waals surface area contributed by atoms with Crippen LogP contribution in [0.15, 0.2) is 64.4 Å². The molecule has 1 saturated heterocycles. The van der Waals surface area contributed by atoms with Crippen molar-refractivity contribution in [3.05, 3.63) is 55.1 Å². The van der Waals surface area contributed by atoms with Crippen molar-refractivity contribution in [2.24, 2.45) is 0 Å². The molecule has 7 nitrogen and oxygen atoms in total. The summed E-state index contributed by atoms with van der Waals surface area (Å²) in [5.74, 6) is 0.694. The van der Waals surface area contributed by atoms with Crippen LogP contribution in [0, 0.1) is 0 Å². The molecule has 0 amide bonds. The third kappa shape index (κ3) is 3.51. The van der Waals surface area contributed by atoms with Crippen molar-refractivity contribution in [3.8, 4) is 11.3 Å². The van der Waals surface area contributed by atoms with E-state index < -0.39 is 10.0 Å². The summed E-state index contributed by atoms with van der Waals surface area (Å²) in [6.45, 7) is 1.40. The van der Waals surface area contributed by atoms with Gasteiger partial charge in [-0.25, -0.2) is 8.42 Å². The summed E-state index contributed by atoms with van der Waals surface area (Å²) >= 11 is 0. The number of hydrogen-bond acceptors (Lipinski definition) is 5. The Balaban J connectivity index is 1.49.